The van der Waals surface area contributed by atoms with Crippen LogP contribution in [0.5, 0.6) is 0 Å². The van der Waals surface area contributed by atoms with E-state index in [0.717, 1.165) is 11.6 Å². The highest BCUT2D eigenvalue weighted by Gasteiger charge is 2.10. The molecule has 17 heavy (non-hydrogen) atoms. The van der Waals surface area contributed by atoms with Gasteiger partial charge in [-0.1, -0.05) is 55.8 Å². The maximum absolute atomic E-state index is 5.88. The zero-order chi connectivity index (χ0) is 11.9. The third kappa shape index (κ3) is 4.69. The summed E-state index contributed by atoms with van der Waals surface area (Å²) >= 11 is 5.88. The van der Waals surface area contributed by atoms with E-state index in [0.29, 0.717) is 6.04 Å². The van der Waals surface area contributed by atoms with Gasteiger partial charge in [0.15, 0.2) is 0 Å². The van der Waals surface area contributed by atoms with Crippen molar-refractivity contribution in [3.8, 4) is 0 Å². The number of hydrogen-bond donors (Lipinski definition) is 1. The minimum atomic E-state index is 0.714. The molecular formula is C15H22ClN. The quantitative estimate of drug-likeness (QED) is 0.832. The van der Waals surface area contributed by atoms with E-state index in [4.69, 9.17) is 11.6 Å². The van der Waals surface area contributed by atoms with Gasteiger partial charge in [0.05, 0.1) is 0 Å². The third-order valence-corrected chi connectivity index (χ3v) is 3.87. The van der Waals surface area contributed by atoms with Crippen LogP contribution in [0.1, 0.15) is 50.5 Å². The second kappa shape index (κ2) is 7.03. The van der Waals surface area contributed by atoms with Crippen molar-refractivity contribution in [1.29, 1.82) is 0 Å². The van der Waals surface area contributed by atoms with E-state index in [-0.39, 0.29) is 0 Å². The zero-order valence-corrected chi connectivity index (χ0v) is 11.2. The van der Waals surface area contributed by atoms with E-state index < -0.39 is 0 Å². The number of rotatable bonds is 3. The lowest BCUT2D eigenvalue weighted by Crippen LogP contribution is -2.29. The van der Waals surface area contributed by atoms with Gasteiger partial charge in [-0.25, -0.2) is 0 Å². The highest BCUT2D eigenvalue weighted by Crippen LogP contribution is 2.17. The lowest BCUT2D eigenvalue weighted by molar-refractivity contribution is 0.389. The van der Waals surface area contributed by atoms with Crippen LogP contribution in [0.2, 0.25) is 5.02 Å². The molecule has 0 spiro atoms. The predicted molar refractivity (Wildman–Crippen MR) is 74.4 cm³/mol. The first kappa shape index (κ1) is 12.9. The largest absolute Gasteiger partial charge is 0.310 e. The molecule has 94 valence electrons. The van der Waals surface area contributed by atoms with Gasteiger partial charge < -0.3 is 5.32 Å². The van der Waals surface area contributed by atoms with Crippen molar-refractivity contribution in [3.05, 3.63) is 34.9 Å². The summed E-state index contributed by atoms with van der Waals surface area (Å²) in [7, 11) is 0. The van der Waals surface area contributed by atoms with Crippen molar-refractivity contribution < 1.29 is 0 Å². The summed E-state index contributed by atoms with van der Waals surface area (Å²) in [5.74, 6) is 0. The minimum Gasteiger partial charge on any atom is -0.310 e. The molecule has 1 fully saturated rings. The van der Waals surface area contributed by atoms with Gasteiger partial charge in [-0.15, -0.1) is 0 Å². The molecule has 1 aliphatic carbocycles. The van der Waals surface area contributed by atoms with Crippen LogP contribution in [-0.4, -0.2) is 6.04 Å². The highest BCUT2D eigenvalue weighted by atomic mass is 35.5. The first-order chi connectivity index (χ1) is 8.34. The molecular weight excluding hydrogens is 230 g/mol. The van der Waals surface area contributed by atoms with E-state index in [1.807, 2.05) is 12.1 Å². The minimum absolute atomic E-state index is 0.714. The zero-order valence-electron chi connectivity index (χ0n) is 10.4. The molecule has 1 N–H and O–H groups in total. The van der Waals surface area contributed by atoms with Crippen LogP contribution in [0.3, 0.4) is 0 Å². The summed E-state index contributed by atoms with van der Waals surface area (Å²) in [6.07, 6.45) is 9.72. The van der Waals surface area contributed by atoms with E-state index in [1.54, 1.807) is 0 Å². The average Bonchev–Trinajstić information content (AvgIpc) is 2.30. The molecule has 0 bridgehead atoms. The average molecular weight is 252 g/mol. The Labute approximate surface area is 110 Å². The first-order valence-corrected chi connectivity index (χ1v) is 7.20. The van der Waals surface area contributed by atoms with Crippen molar-refractivity contribution in [2.45, 2.75) is 57.5 Å². The molecule has 0 aromatic heterocycles. The fraction of sp³-hybridized carbons (Fsp3) is 0.600. The van der Waals surface area contributed by atoms with E-state index in [9.17, 15) is 0 Å². The predicted octanol–water partition coefficient (Wildman–Crippen LogP) is 4.54. The van der Waals surface area contributed by atoms with Crippen LogP contribution in [0, 0.1) is 0 Å². The lowest BCUT2D eigenvalue weighted by atomic mass is 9.96. The first-order valence-electron chi connectivity index (χ1n) is 6.82. The smallest absolute Gasteiger partial charge is 0.0406 e. The molecule has 2 heteroatoms. The van der Waals surface area contributed by atoms with Crippen LogP contribution < -0.4 is 5.32 Å². The number of nitrogens with one attached hydrogen (secondary N) is 1. The maximum Gasteiger partial charge on any atom is 0.0406 e. The van der Waals surface area contributed by atoms with Crippen molar-refractivity contribution >= 4 is 11.6 Å². The van der Waals surface area contributed by atoms with Crippen molar-refractivity contribution in [1.82, 2.24) is 5.32 Å². The second-order valence-corrected chi connectivity index (χ2v) is 5.49. The van der Waals surface area contributed by atoms with Gasteiger partial charge in [0.2, 0.25) is 0 Å². The molecule has 1 aromatic carbocycles. The van der Waals surface area contributed by atoms with Crippen LogP contribution in [0.4, 0.5) is 0 Å². The van der Waals surface area contributed by atoms with Crippen LogP contribution in [-0.2, 0) is 6.54 Å². The molecule has 0 atom stereocenters. The normalized spacial score (nSPS) is 18.6. The summed E-state index contributed by atoms with van der Waals surface area (Å²) in [5, 5.41) is 4.50. The standard InChI is InChI=1S/C15H22ClN/c16-14-10-8-13(9-11-14)12-17-15-6-4-2-1-3-5-7-15/h8-11,15,17H,1-7,12H2. The van der Waals surface area contributed by atoms with Crippen molar-refractivity contribution in [2.75, 3.05) is 0 Å². The summed E-state index contributed by atoms with van der Waals surface area (Å²) in [6, 6.07) is 8.87. The molecule has 1 nitrogen and oxygen atoms in total. The van der Waals surface area contributed by atoms with E-state index >= 15 is 0 Å². The molecule has 0 radical (unpaired) electrons. The molecule has 0 saturated heterocycles. The third-order valence-electron chi connectivity index (χ3n) is 3.61. The number of halogens is 1. The Balaban J connectivity index is 1.77. The Kier molecular flexibility index (Phi) is 5.34. The molecule has 2 rings (SSSR count). The molecule has 1 aromatic rings. The highest BCUT2D eigenvalue weighted by molar-refractivity contribution is 6.30. The molecule has 1 saturated carbocycles. The van der Waals surface area contributed by atoms with Gasteiger partial charge in [-0.2, -0.15) is 0 Å². The molecule has 0 unspecified atom stereocenters. The molecule has 0 heterocycles. The Hall–Kier alpha value is -0.530. The van der Waals surface area contributed by atoms with Crippen LogP contribution >= 0.6 is 11.6 Å². The van der Waals surface area contributed by atoms with Crippen molar-refractivity contribution in [2.24, 2.45) is 0 Å². The summed E-state index contributed by atoms with van der Waals surface area (Å²) in [5.41, 5.74) is 1.33. The molecule has 0 aliphatic heterocycles. The summed E-state index contributed by atoms with van der Waals surface area (Å²) in [4.78, 5) is 0. The Morgan fingerprint density at radius 2 is 1.53 bits per heavy atom. The molecule has 0 amide bonds. The topological polar surface area (TPSA) is 12.0 Å². The fourth-order valence-corrected chi connectivity index (χ4v) is 2.65. The van der Waals surface area contributed by atoms with Crippen molar-refractivity contribution in [3.63, 3.8) is 0 Å². The van der Waals surface area contributed by atoms with Crippen LogP contribution in [0.25, 0.3) is 0 Å². The van der Waals surface area contributed by atoms with Gasteiger partial charge >= 0.3 is 0 Å². The maximum atomic E-state index is 5.88. The van der Waals surface area contributed by atoms with Gasteiger partial charge in [0.25, 0.3) is 0 Å². The fourth-order valence-electron chi connectivity index (χ4n) is 2.52. The Morgan fingerprint density at radius 3 is 2.18 bits per heavy atom. The van der Waals surface area contributed by atoms with E-state index in [2.05, 4.69) is 17.4 Å². The van der Waals surface area contributed by atoms with Gasteiger partial charge in [-0.3, -0.25) is 0 Å². The summed E-state index contributed by atoms with van der Waals surface area (Å²) in [6.45, 7) is 0.974. The second-order valence-electron chi connectivity index (χ2n) is 5.05. The van der Waals surface area contributed by atoms with Gasteiger partial charge in [0, 0.05) is 17.6 Å². The monoisotopic (exact) mass is 251 g/mol. The Morgan fingerprint density at radius 1 is 0.941 bits per heavy atom. The number of benzene rings is 1. The lowest BCUT2D eigenvalue weighted by Gasteiger charge is -2.21. The number of hydrogen-bond acceptors (Lipinski definition) is 1. The SMILES string of the molecule is Clc1ccc(CNC2CCCCCCC2)cc1. The van der Waals surface area contributed by atoms with Gasteiger partial charge in [0.1, 0.15) is 0 Å². The summed E-state index contributed by atoms with van der Waals surface area (Å²) < 4.78 is 0. The molecule has 1 aliphatic rings. The van der Waals surface area contributed by atoms with Gasteiger partial charge in [-0.05, 0) is 30.5 Å². The Bertz CT molecular complexity index is 312. The van der Waals surface area contributed by atoms with E-state index in [1.165, 1.54) is 50.5 Å². The van der Waals surface area contributed by atoms with Crippen LogP contribution in [0.15, 0.2) is 24.3 Å².